The Labute approximate surface area is 64.0 Å². The van der Waals surface area contributed by atoms with Gasteiger partial charge in [0.05, 0.1) is 12.1 Å². The van der Waals surface area contributed by atoms with Crippen molar-refractivity contribution in [3.63, 3.8) is 0 Å². The Morgan fingerprint density at radius 1 is 1.70 bits per heavy atom. The molecule has 0 unspecified atom stereocenters. The number of rotatable bonds is 4. The van der Waals surface area contributed by atoms with Crippen molar-refractivity contribution in [1.82, 2.24) is 0 Å². The first kappa shape index (κ1) is 9.74. The average molecular weight is 164 g/mol. The van der Waals surface area contributed by atoms with Crippen LogP contribution in [0.25, 0.3) is 0 Å². The van der Waals surface area contributed by atoms with Crippen LogP contribution in [0.1, 0.15) is 6.42 Å². The van der Waals surface area contributed by atoms with Gasteiger partial charge in [-0.05, 0) is 6.26 Å². The van der Waals surface area contributed by atoms with Crippen molar-refractivity contribution in [2.24, 2.45) is 11.5 Å². The first-order chi connectivity index (χ1) is 4.48. The smallest absolute Gasteiger partial charge is 0.306 e. The summed E-state index contributed by atoms with van der Waals surface area (Å²) in [4.78, 5) is 10.1. The van der Waals surface area contributed by atoms with Gasteiger partial charge in [0.15, 0.2) is 0 Å². The maximum Gasteiger partial charge on any atom is 0.306 e. The molecule has 0 saturated carbocycles. The van der Waals surface area contributed by atoms with Gasteiger partial charge < -0.3 is 16.6 Å². The number of carbonyl (C=O) groups is 1. The van der Waals surface area contributed by atoms with E-state index < -0.39 is 11.6 Å². The van der Waals surface area contributed by atoms with Crippen molar-refractivity contribution in [3.05, 3.63) is 0 Å². The van der Waals surface area contributed by atoms with Gasteiger partial charge >= 0.3 is 5.97 Å². The topological polar surface area (TPSA) is 89.3 Å². The SMILES string of the molecule is CSCC(N)(N)CC(=O)O. The lowest BCUT2D eigenvalue weighted by Crippen LogP contribution is -2.53. The van der Waals surface area contributed by atoms with E-state index in [1.54, 1.807) is 0 Å². The standard InChI is InChI=1S/C5H12N2O2S/c1-10-3-5(6,7)2-4(8)9/h2-3,6-7H2,1H3,(H,8,9). The summed E-state index contributed by atoms with van der Waals surface area (Å²) in [5, 5.41) is 8.31. The molecule has 0 aliphatic heterocycles. The maximum absolute atomic E-state index is 10.1. The van der Waals surface area contributed by atoms with Crippen LogP contribution in [-0.4, -0.2) is 28.7 Å². The van der Waals surface area contributed by atoms with Crippen LogP contribution in [0, 0.1) is 0 Å². The van der Waals surface area contributed by atoms with Crippen molar-refractivity contribution in [1.29, 1.82) is 0 Å². The first-order valence-corrected chi connectivity index (χ1v) is 4.16. The van der Waals surface area contributed by atoms with E-state index in [1.807, 2.05) is 6.26 Å². The fraction of sp³-hybridized carbons (Fsp3) is 0.800. The molecule has 0 atom stereocenters. The molecule has 0 heterocycles. The van der Waals surface area contributed by atoms with Gasteiger partial charge in [-0.15, -0.1) is 0 Å². The summed E-state index contributed by atoms with van der Waals surface area (Å²) in [5.41, 5.74) is 9.74. The largest absolute Gasteiger partial charge is 0.481 e. The van der Waals surface area contributed by atoms with Gasteiger partial charge in [0.1, 0.15) is 0 Å². The molecule has 0 saturated heterocycles. The number of carboxylic acid groups (broad SMARTS) is 1. The molecular weight excluding hydrogens is 152 g/mol. The minimum atomic E-state index is -1.06. The molecule has 4 nitrogen and oxygen atoms in total. The van der Waals surface area contributed by atoms with E-state index >= 15 is 0 Å². The van der Waals surface area contributed by atoms with Gasteiger partial charge in [-0.2, -0.15) is 11.8 Å². The highest BCUT2D eigenvalue weighted by Crippen LogP contribution is 2.05. The summed E-state index contributed by atoms with van der Waals surface area (Å²) in [6.45, 7) is 0. The van der Waals surface area contributed by atoms with Crippen LogP contribution in [0.3, 0.4) is 0 Å². The van der Waals surface area contributed by atoms with Gasteiger partial charge in [0.2, 0.25) is 0 Å². The van der Waals surface area contributed by atoms with Crippen molar-refractivity contribution < 1.29 is 9.90 Å². The van der Waals surface area contributed by atoms with Crippen LogP contribution in [-0.2, 0) is 4.79 Å². The Morgan fingerprint density at radius 2 is 2.20 bits per heavy atom. The van der Waals surface area contributed by atoms with E-state index in [0.29, 0.717) is 5.75 Å². The lowest BCUT2D eigenvalue weighted by Gasteiger charge is -2.20. The van der Waals surface area contributed by atoms with Gasteiger partial charge in [-0.25, -0.2) is 0 Å². The van der Waals surface area contributed by atoms with Crippen LogP contribution < -0.4 is 11.5 Å². The van der Waals surface area contributed by atoms with Crippen LogP contribution in [0.5, 0.6) is 0 Å². The Balaban J connectivity index is 3.74. The second-order valence-corrected chi connectivity index (χ2v) is 3.10. The third-order valence-electron chi connectivity index (χ3n) is 0.893. The molecule has 10 heavy (non-hydrogen) atoms. The van der Waals surface area contributed by atoms with Gasteiger partial charge in [-0.3, -0.25) is 4.79 Å². The summed E-state index contributed by atoms with van der Waals surface area (Å²) >= 11 is 1.44. The fourth-order valence-electron chi connectivity index (χ4n) is 0.601. The first-order valence-electron chi connectivity index (χ1n) is 2.76. The molecule has 0 spiro atoms. The number of hydrogen-bond acceptors (Lipinski definition) is 4. The molecule has 0 radical (unpaired) electrons. The highest BCUT2D eigenvalue weighted by atomic mass is 32.2. The third kappa shape index (κ3) is 4.60. The molecule has 0 aromatic carbocycles. The van der Waals surface area contributed by atoms with Gasteiger partial charge in [-0.1, -0.05) is 0 Å². The molecule has 5 N–H and O–H groups in total. The van der Waals surface area contributed by atoms with E-state index in [9.17, 15) is 4.79 Å². The molecule has 60 valence electrons. The number of thioether (sulfide) groups is 1. The summed E-state index contributed by atoms with van der Waals surface area (Å²) in [6.07, 6.45) is 1.64. The normalized spacial score (nSPS) is 11.5. The fourth-order valence-corrected chi connectivity index (χ4v) is 1.24. The zero-order valence-electron chi connectivity index (χ0n) is 5.83. The maximum atomic E-state index is 10.1. The number of nitrogens with two attached hydrogens (primary N) is 2. The quantitative estimate of drug-likeness (QED) is 0.484. The number of carboxylic acids is 1. The molecule has 0 rings (SSSR count). The second-order valence-electron chi connectivity index (χ2n) is 2.24. The molecule has 0 fully saturated rings. The highest BCUT2D eigenvalue weighted by molar-refractivity contribution is 7.98. The molecular formula is C5H12N2O2S. The Kier molecular flexibility index (Phi) is 3.70. The molecule has 0 aliphatic rings. The lowest BCUT2D eigenvalue weighted by molar-refractivity contribution is -0.138. The molecule has 5 heteroatoms. The number of aliphatic carboxylic acids is 1. The number of hydrogen-bond donors (Lipinski definition) is 3. The van der Waals surface area contributed by atoms with E-state index in [-0.39, 0.29) is 6.42 Å². The minimum Gasteiger partial charge on any atom is -0.481 e. The van der Waals surface area contributed by atoms with Crippen LogP contribution in [0.2, 0.25) is 0 Å². The van der Waals surface area contributed by atoms with E-state index in [0.717, 1.165) is 0 Å². The van der Waals surface area contributed by atoms with Gasteiger partial charge in [0, 0.05) is 5.75 Å². The van der Waals surface area contributed by atoms with Crippen LogP contribution in [0.4, 0.5) is 0 Å². The van der Waals surface area contributed by atoms with Crippen LogP contribution >= 0.6 is 11.8 Å². The van der Waals surface area contributed by atoms with E-state index in [2.05, 4.69) is 0 Å². The molecule has 0 amide bonds. The minimum absolute atomic E-state index is 0.187. The lowest BCUT2D eigenvalue weighted by atomic mass is 10.1. The summed E-state index contributed by atoms with van der Waals surface area (Å²) in [7, 11) is 0. The Bertz CT molecular complexity index is 127. The molecule has 0 aromatic heterocycles. The van der Waals surface area contributed by atoms with Crippen molar-refractivity contribution >= 4 is 17.7 Å². The second kappa shape index (κ2) is 3.80. The third-order valence-corrected chi connectivity index (χ3v) is 1.72. The van der Waals surface area contributed by atoms with E-state index in [1.165, 1.54) is 11.8 Å². The van der Waals surface area contributed by atoms with Gasteiger partial charge in [0.25, 0.3) is 0 Å². The van der Waals surface area contributed by atoms with E-state index in [4.69, 9.17) is 16.6 Å². The van der Waals surface area contributed by atoms with Crippen molar-refractivity contribution in [2.45, 2.75) is 12.1 Å². The zero-order chi connectivity index (χ0) is 8.20. The summed E-state index contributed by atoms with van der Waals surface area (Å²) in [5.74, 6) is -0.502. The zero-order valence-corrected chi connectivity index (χ0v) is 6.65. The Hall–Kier alpha value is -0.260. The predicted molar refractivity (Wildman–Crippen MR) is 41.7 cm³/mol. The van der Waals surface area contributed by atoms with Crippen molar-refractivity contribution in [2.75, 3.05) is 12.0 Å². The molecule has 0 aliphatic carbocycles. The summed E-state index contributed by atoms with van der Waals surface area (Å²) in [6, 6.07) is 0. The average Bonchev–Trinajstić information content (AvgIpc) is 1.59. The monoisotopic (exact) mass is 164 g/mol. The predicted octanol–water partition coefficient (Wildman–Crippen LogP) is -0.562. The van der Waals surface area contributed by atoms with Crippen molar-refractivity contribution in [3.8, 4) is 0 Å². The molecule has 0 bridgehead atoms. The molecule has 0 aromatic rings. The summed E-state index contributed by atoms with van der Waals surface area (Å²) < 4.78 is 0. The Morgan fingerprint density at radius 3 is 2.50 bits per heavy atom. The van der Waals surface area contributed by atoms with Crippen LogP contribution in [0.15, 0.2) is 0 Å². The highest BCUT2D eigenvalue weighted by Gasteiger charge is 2.21.